The van der Waals surface area contributed by atoms with Crippen LogP contribution in [0.5, 0.6) is 0 Å². The van der Waals surface area contributed by atoms with E-state index < -0.39 is 0 Å². The molecule has 2 aliphatic rings. The van der Waals surface area contributed by atoms with Gasteiger partial charge in [0.2, 0.25) is 0 Å². The van der Waals surface area contributed by atoms with Crippen LogP contribution in [0.4, 0.5) is 0 Å². The predicted octanol–water partition coefficient (Wildman–Crippen LogP) is 3.34. The van der Waals surface area contributed by atoms with Crippen molar-refractivity contribution in [2.45, 2.75) is 57.2 Å². The van der Waals surface area contributed by atoms with Crippen LogP contribution in [-0.4, -0.2) is 23.5 Å². The van der Waals surface area contributed by atoms with Gasteiger partial charge < -0.3 is 5.73 Å². The van der Waals surface area contributed by atoms with Crippen molar-refractivity contribution in [1.82, 2.24) is 4.90 Å². The topological polar surface area (TPSA) is 29.3 Å². The van der Waals surface area contributed by atoms with Crippen LogP contribution in [0.3, 0.4) is 0 Å². The first-order valence-corrected chi connectivity index (χ1v) is 7.83. The van der Waals surface area contributed by atoms with Gasteiger partial charge in [-0.15, -0.1) is 0 Å². The average molecular weight is 258 g/mol. The molecule has 2 fully saturated rings. The Labute approximate surface area is 117 Å². The van der Waals surface area contributed by atoms with Crippen molar-refractivity contribution in [2.24, 2.45) is 11.7 Å². The summed E-state index contributed by atoms with van der Waals surface area (Å²) in [5.41, 5.74) is 7.78. The molecule has 2 heteroatoms. The van der Waals surface area contributed by atoms with Crippen LogP contribution in [0.1, 0.15) is 50.6 Å². The van der Waals surface area contributed by atoms with Crippen molar-refractivity contribution in [1.29, 1.82) is 0 Å². The first-order valence-electron chi connectivity index (χ1n) is 7.83. The highest BCUT2D eigenvalue weighted by molar-refractivity contribution is 5.20. The summed E-state index contributed by atoms with van der Waals surface area (Å²) in [6.45, 7) is 3.56. The number of fused-ring (bicyclic) bond motifs is 1. The van der Waals surface area contributed by atoms with Crippen LogP contribution in [0.2, 0.25) is 0 Å². The molecule has 0 bridgehead atoms. The second-order valence-corrected chi connectivity index (χ2v) is 6.32. The molecule has 1 saturated carbocycles. The molecule has 19 heavy (non-hydrogen) atoms. The third-order valence-corrected chi connectivity index (χ3v) is 5.26. The highest BCUT2D eigenvalue weighted by Gasteiger charge is 2.38. The summed E-state index contributed by atoms with van der Waals surface area (Å²) >= 11 is 0. The Morgan fingerprint density at radius 1 is 1.11 bits per heavy atom. The van der Waals surface area contributed by atoms with E-state index in [-0.39, 0.29) is 6.04 Å². The molecule has 1 aromatic rings. The van der Waals surface area contributed by atoms with E-state index in [9.17, 15) is 0 Å². The van der Waals surface area contributed by atoms with Gasteiger partial charge in [0.15, 0.2) is 0 Å². The molecule has 0 spiro atoms. The first-order chi connectivity index (χ1) is 9.27. The first kappa shape index (κ1) is 13.1. The minimum Gasteiger partial charge on any atom is -0.323 e. The van der Waals surface area contributed by atoms with Crippen molar-refractivity contribution < 1.29 is 0 Å². The molecule has 2 nitrogen and oxygen atoms in total. The maximum atomic E-state index is 6.51. The molecule has 1 aromatic carbocycles. The molecule has 1 aliphatic heterocycles. The van der Waals surface area contributed by atoms with Crippen LogP contribution in [0, 0.1) is 5.92 Å². The molecule has 1 saturated heterocycles. The summed E-state index contributed by atoms with van der Waals surface area (Å²) in [7, 11) is 0. The predicted molar refractivity (Wildman–Crippen MR) is 79.9 cm³/mol. The summed E-state index contributed by atoms with van der Waals surface area (Å²) in [5.74, 6) is 0.944. The van der Waals surface area contributed by atoms with Gasteiger partial charge >= 0.3 is 0 Å². The zero-order valence-electron chi connectivity index (χ0n) is 12.0. The van der Waals surface area contributed by atoms with E-state index in [0.717, 1.165) is 12.0 Å². The van der Waals surface area contributed by atoms with Crippen molar-refractivity contribution in [3.63, 3.8) is 0 Å². The molecule has 0 aromatic heterocycles. The lowest BCUT2D eigenvalue weighted by molar-refractivity contribution is 0.0631. The lowest BCUT2D eigenvalue weighted by Gasteiger charge is -2.43. The summed E-state index contributed by atoms with van der Waals surface area (Å²) in [4.78, 5) is 2.71. The van der Waals surface area contributed by atoms with Crippen LogP contribution >= 0.6 is 0 Å². The lowest BCUT2D eigenvalue weighted by atomic mass is 9.88. The van der Waals surface area contributed by atoms with Crippen molar-refractivity contribution in [3.05, 3.63) is 35.9 Å². The zero-order chi connectivity index (χ0) is 13.2. The van der Waals surface area contributed by atoms with E-state index in [1.807, 2.05) is 0 Å². The number of benzene rings is 1. The van der Waals surface area contributed by atoms with Gasteiger partial charge in [-0.3, -0.25) is 4.90 Å². The quantitative estimate of drug-likeness (QED) is 0.901. The van der Waals surface area contributed by atoms with Crippen molar-refractivity contribution in [3.8, 4) is 0 Å². The Hall–Kier alpha value is -0.860. The molecule has 4 atom stereocenters. The Morgan fingerprint density at radius 2 is 1.84 bits per heavy atom. The monoisotopic (exact) mass is 258 g/mol. The summed E-state index contributed by atoms with van der Waals surface area (Å²) < 4.78 is 0. The number of hydrogen-bond acceptors (Lipinski definition) is 2. The molecule has 4 unspecified atom stereocenters. The minimum absolute atomic E-state index is 0.139. The second-order valence-electron chi connectivity index (χ2n) is 6.32. The van der Waals surface area contributed by atoms with Crippen molar-refractivity contribution >= 4 is 0 Å². The van der Waals surface area contributed by atoms with Gasteiger partial charge in [0.1, 0.15) is 0 Å². The van der Waals surface area contributed by atoms with Crippen molar-refractivity contribution in [2.75, 3.05) is 6.54 Å². The van der Waals surface area contributed by atoms with Gasteiger partial charge in [0, 0.05) is 18.1 Å². The van der Waals surface area contributed by atoms with E-state index >= 15 is 0 Å². The number of nitrogens with zero attached hydrogens (tertiary/aromatic N) is 1. The average Bonchev–Trinajstić information content (AvgIpc) is 2.95. The Bertz CT molecular complexity index is 403. The van der Waals surface area contributed by atoms with E-state index in [1.165, 1.54) is 44.2 Å². The van der Waals surface area contributed by atoms with Crippen LogP contribution < -0.4 is 5.73 Å². The Morgan fingerprint density at radius 3 is 2.63 bits per heavy atom. The molecular weight excluding hydrogens is 232 g/mol. The molecule has 0 radical (unpaired) electrons. The van der Waals surface area contributed by atoms with E-state index in [4.69, 9.17) is 5.73 Å². The van der Waals surface area contributed by atoms with E-state index in [1.54, 1.807) is 0 Å². The summed E-state index contributed by atoms with van der Waals surface area (Å²) in [6, 6.07) is 12.0. The second kappa shape index (κ2) is 5.64. The van der Waals surface area contributed by atoms with Gasteiger partial charge in [-0.25, -0.2) is 0 Å². The fourth-order valence-corrected chi connectivity index (χ4v) is 4.16. The summed E-state index contributed by atoms with van der Waals surface area (Å²) in [5, 5.41) is 0. The maximum Gasteiger partial charge on any atom is 0.0450 e. The third kappa shape index (κ3) is 2.56. The number of piperidine rings is 1. The number of hydrogen-bond donors (Lipinski definition) is 1. The van der Waals surface area contributed by atoms with Gasteiger partial charge in [-0.1, -0.05) is 36.8 Å². The SMILES string of the molecule is CC(C(N)c1ccccc1)N1CCCC2CCCC21. The van der Waals surface area contributed by atoms with Gasteiger partial charge in [0.25, 0.3) is 0 Å². The van der Waals surface area contributed by atoms with Crippen LogP contribution in [0.25, 0.3) is 0 Å². The number of nitrogens with two attached hydrogens (primary N) is 1. The van der Waals surface area contributed by atoms with Gasteiger partial charge in [-0.05, 0) is 50.6 Å². The third-order valence-electron chi connectivity index (χ3n) is 5.26. The van der Waals surface area contributed by atoms with Crippen LogP contribution in [-0.2, 0) is 0 Å². The molecule has 104 valence electrons. The number of likely N-dealkylation sites (tertiary alicyclic amines) is 1. The molecule has 1 aliphatic carbocycles. The summed E-state index contributed by atoms with van der Waals surface area (Å²) in [6.07, 6.45) is 7.03. The largest absolute Gasteiger partial charge is 0.323 e. The van der Waals surface area contributed by atoms with E-state index in [2.05, 4.69) is 42.2 Å². The zero-order valence-corrected chi connectivity index (χ0v) is 12.0. The lowest BCUT2D eigenvalue weighted by Crippen LogP contribution is -2.50. The molecular formula is C17H26N2. The minimum atomic E-state index is 0.139. The fourth-order valence-electron chi connectivity index (χ4n) is 4.16. The molecule has 3 rings (SSSR count). The smallest absolute Gasteiger partial charge is 0.0450 e. The Kier molecular flexibility index (Phi) is 3.90. The van der Waals surface area contributed by atoms with Gasteiger partial charge in [0.05, 0.1) is 0 Å². The maximum absolute atomic E-state index is 6.51. The van der Waals surface area contributed by atoms with Crippen LogP contribution in [0.15, 0.2) is 30.3 Å². The molecule has 1 heterocycles. The highest BCUT2D eigenvalue weighted by Crippen LogP contribution is 2.39. The van der Waals surface area contributed by atoms with Gasteiger partial charge in [-0.2, -0.15) is 0 Å². The fraction of sp³-hybridized carbons (Fsp3) is 0.647. The Balaban J connectivity index is 1.74. The molecule has 2 N–H and O–H groups in total. The van der Waals surface area contributed by atoms with E-state index in [0.29, 0.717) is 6.04 Å². The highest BCUT2D eigenvalue weighted by atomic mass is 15.2. The normalized spacial score (nSPS) is 30.8. The standard InChI is InChI=1S/C17H26N2/c1-13(17(18)15-7-3-2-4-8-15)19-12-6-10-14-9-5-11-16(14)19/h2-4,7-8,13-14,16-17H,5-6,9-12,18H2,1H3. The number of rotatable bonds is 3. The molecule has 0 amide bonds.